The molecule has 202 valence electrons. The third kappa shape index (κ3) is 8.19. The van der Waals surface area contributed by atoms with Crippen LogP contribution in [0.1, 0.15) is 37.0 Å². The number of amides is 2. The summed E-state index contributed by atoms with van der Waals surface area (Å²) in [4.78, 5) is 26.7. The van der Waals surface area contributed by atoms with E-state index in [1.165, 1.54) is 18.4 Å². The van der Waals surface area contributed by atoms with Crippen molar-refractivity contribution in [2.75, 3.05) is 26.0 Å². The SMILES string of the molecule is CN(CCS(N)(=O)=O)C(=O)OCc1csc2nnc([C@@H](COCc3ccccc3)NC(=O)C(C)(C)N)n12. The standard InChI is InChI=1S/C22H31N7O6S2/c1-22(2,23)19(30)25-17(13-34-11-15-7-5-4-6-8-15)18-26-27-20-29(18)16(14-36-20)12-35-21(31)28(3)9-10-37(24,32)33/h4-8,14,17H,9-13,23H2,1-3H3,(H,25,30)(H2,24,32,33)/t17-/m1/s1. The molecule has 5 N–H and O–H groups in total. The van der Waals surface area contributed by atoms with Crippen LogP contribution in [-0.2, 0) is 37.5 Å². The first-order valence-corrected chi connectivity index (χ1v) is 13.9. The predicted octanol–water partition coefficient (Wildman–Crippen LogP) is 0.759. The highest BCUT2D eigenvalue weighted by molar-refractivity contribution is 7.89. The van der Waals surface area contributed by atoms with Gasteiger partial charge in [-0.1, -0.05) is 30.3 Å². The Morgan fingerprint density at radius 3 is 2.57 bits per heavy atom. The summed E-state index contributed by atoms with van der Waals surface area (Å²) in [5.74, 6) is -0.411. The van der Waals surface area contributed by atoms with Gasteiger partial charge >= 0.3 is 6.09 Å². The second-order valence-corrected chi connectivity index (χ2v) is 11.6. The molecule has 13 nitrogen and oxygen atoms in total. The molecule has 37 heavy (non-hydrogen) atoms. The summed E-state index contributed by atoms with van der Waals surface area (Å²) >= 11 is 1.28. The van der Waals surface area contributed by atoms with Crippen LogP contribution in [0.15, 0.2) is 35.7 Å². The van der Waals surface area contributed by atoms with Gasteiger partial charge in [0, 0.05) is 19.0 Å². The van der Waals surface area contributed by atoms with Gasteiger partial charge in [-0.05, 0) is 19.4 Å². The molecule has 0 bridgehead atoms. The zero-order valence-electron chi connectivity index (χ0n) is 20.8. The second-order valence-electron chi connectivity index (χ2n) is 8.99. The average Bonchev–Trinajstić information content (AvgIpc) is 3.42. The van der Waals surface area contributed by atoms with E-state index < -0.39 is 39.4 Å². The molecule has 0 aliphatic heterocycles. The molecule has 2 heterocycles. The topological polar surface area (TPSA) is 184 Å². The number of rotatable bonds is 12. The van der Waals surface area contributed by atoms with Crippen molar-refractivity contribution in [2.24, 2.45) is 10.9 Å². The highest BCUT2D eigenvalue weighted by atomic mass is 32.2. The molecule has 0 aliphatic rings. The van der Waals surface area contributed by atoms with Crippen molar-refractivity contribution in [3.8, 4) is 0 Å². The monoisotopic (exact) mass is 553 g/mol. The van der Waals surface area contributed by atoms with Crippen LogP contribution in [0.25, 0.3) is 4.96 Å². The Kier molecular flexibility index (Phi) is 9.20. The van der Waals surface area contributed by atoms with E-state index in [0.717, 1.165) is 10.5 Å². The van der Waals surface area contributed by atoms with E-state index in [9.17, 15) is 18.0 Å². The van der Waals surface area contributed by atoms with Gasteiger partial charge in [-0.2, -0.15) is 0 Å². The fourth-order valence-corrected chi connectivity index (χ4v) is 4.47. The normalized spacial score (nSPS) is 12.9. The highest BCUT2D eigenvalue weighted by Crippen LogP contribution is 2.22. The highest BCUT2D eigenvalue weighted by Gasteiger charge is 2.29. The number of hydrogen-bond donors (Lipinski definition) is 3. The van der Waals surface area contributed by atoms with Crippen LogP contribution in [0.5, 0.6) is 0 Å². The number of fused-ring (bicyclic) bond motifs is 1. The minimum absolute atomic E-state index is 0.0862. The zero-order valence-corrected chi connectivity index (χ0v) is 22.4. The third-order valence-corrected chi connectivity index (χ3v) is 6.83. The molecular formula is C22H31N7O6S2. The molecule has 0 unspecified atom stereocenters. The van der Waals surface area contributed by atoms with Crippen LogP contribution in [0.4, 0.5) is 4.79 Å². The van der Waals surface area contributed by atoms with E-state index in [1.807, 2.05) is 30.3 Å². The molecule has 1 aromatic carbocycles. The summed E-state index contributed by atoms with van der Waals surface area (Å²) < 4.78 is 35.2. The second kappa shape index (κ2) is 12.0. The summed E-state index contributed by atoms with van der Waals surface area (Å²) in [6.07, 6.45) is -0.724. The number of sulfonamides is 1. The number of carbonyl (C=O) groups excluding carboxylic acids is 2. The summed E-state index contributed by atoms with van der Waals surface area (Å²) in [6, 6.07) is 8.88. The van der Waals surface area contributed by atoms with Gasteiger partial charge in [-0.3, -0.25) is 9.20 Å². The van der Waals surface area contributed by atoms with Crippen LogP contribution < -0.4 is 16.2 Å². The van der Waals surface area contributed by atoms with Gasteiger partial charge in [0.05, 0.1) is 30.2 Å². The first-order valence-electron chi connectivity index (χ1n) is 11.3. The number of ether oxygens (including phenoxy) is 2. The fourth-order valence-electron chi connectivity index (χ4n) is 3.12. The predicted molar refractivity (Wildman–Crippen MR) is 137 cm³/mol. The van der Waals surface area contributed by atoms with E-state index in [-0.39, 0.29) is 19.8 Å². The number of nitrogens with zero attached hydrogens (tertiary/aromatic N) is 4. The lowest BCUT2D eigenvalue weighted by Gasteiger charge is -2.23. The molecule has 2 aromatic heterocycles. The molecule has 0 radical (unpaired) electrons. The van der Waals surface area contributed by atoms with E-state index in [4.69, 9.17) is 20.3 Å². The number of hydrogen-bond acceptors (Lipinski definition) is 10. The lowest BCUT2D eigenvalue weighted by atomic mass is 10.1. The van der Waals surface area contributed by atoms with Crippen molar-refractivity contribution in [1.29, 1.82) is 0 Å². The minimum Gasteiger partial charge on any atom is -0.443 e. The maximum Gasteiger partial charge on any atom is 0.409 e. The summed E-state index contributed by atoms with van der Waals surface area (Å²) in [7, 11) is -2.31. The van der Waals surface area contributed by atoms with Crippen LogP contribution in [0, 0.1) is 0 Å². The van der Waals surface area contributed by atoms with Gasteiger partial charge in [-0.15, -0.1) is 21.5 Å². The summed E-state index contributed by atoms with van der Waals surface area (Å²) in [5, 5.41) is 18.0. The first kappa shape index (κ1) is 28.5. The van der Waals surface area contributed by atoms with Crippen molar-refractivity contribution in [2.45, 2.75) is 38.6 Å². The Labute approximate surface area is 218 Å². The molecule has 2 amide bonds. The number of nitrogens with two attached hydrogens (primary N) is 2. The van der Waals surface area contributed by atoms with Crippen molar-refractivity contribution in [3.63, 3.8) is 0 Å². The number of primary sulfonamides is 1. The van der Waals surface area contributed by atoms with E-state index in [0.29, 0.717) is 23.1 Å². The van der Waals surface area contributed by atoms with E-state index in [2.05, 4.69) is 15.5 Å². The fraction of sp³-hybridized carbons (Fsp3) is 0.455. The number of thiazole rings is 1. The molecule has 0 saturated carbocycles. The van der Waals surface area contributed by atoms with Gasteiger partial charge in [0.1, 0.15) is 12.6 Å². The van der Waals surface area contributed by atoms with Crippen molar-refractivity contribution in [3.05, 3.63) is 52.8 Å². The zero-order chi connectivity index (χ0) is 27.2. The van der Waals surface area contributed by atoms with Crippen LogP contribution in [-0.4, -0.2) is 71.4 Å². The van der Waals surface area contributed by atoms with Gasteiger partial charge in [-0.25, -0.2) is 18.4 Å². The average molecular weight is 554 g/mol. The summed E-state index contributed by atoms with van der Waals surface area (Å²) in [6.45, 7) is 3.33. The van der Waals surface area contributed by atoms with Crippen LogP contribution in [0.2, 0.25) is 0 Å². The number of aromatic nitrogens is 3. The Morgan fingerprint density at radius 2 is 1.92 bits per heavy atom. The van der Waals surface area contributed by atoms with E-state index in [1.54, 1.807) is 23.6 Å². The molecule has 0 aliphatic carbocycles. The maximum absolute atomic E-state index is 12.7. The molecule has 3 aromatic rings. The molecule has 3 rings (SSSR count). The lowest BCUT2D eigenvalue weighted by Crippen LogP contribution is -2.51. The molecule has 15 heteroatoms. The van der Waals surface area contributed by atoms with E-state index >= 15 is 0 Å². The molecule has 0 fully saturated rings. The molecular weight excluding hydrogens is 522 g/mol. The Hall–Kier alpha value is -3.11. The third-order valence-electron chi connectivity index (χ3n) is 5.21. The lowest BCUT2D eigenvalue weighted by molar-refractivity contribution is -0.126. The molecule has 1 atom stereocenters. The number of benzene rings is 1. The van der Waals surface area contributed by atoms with Gasteiger partial charge in [0.25, 0.3) is 0 Å². The van der Waals surface area contributed by atoms with Gasteiger partial charge in [0.2, 0.25) is 20.9 Å². The smallest absolute Gasteiger partial charge is 0.409 e. The Bertz CT molecular complexity index is 1320. The van der Waals surface area contributed by atoms with Crippen LogP contribution >= 0.6 is 11.3 Å². The van der Waals surface area contributed by atoms with Crippen molar-refractivity contribution in [1.82, 2.24) is 24.8 Å². The Balaban J connectivity index is 1.76. The van der Waals surface area contributed by atoms with Crippen molar-refractivity contribution < 1.29 is 27.5 Å². The number of nitrogens with one attached hydrogen (secondary N) is 1. The molecule has 0 spiro atoms. The van der Waals surface area contributed by atoms with Crippen molar-refractivity contribution >= 4 is 38.3 Å². The Morgan fingerprint density at radius 1 is 1.22 bits per heavy atom. The van der Waals surface area contributed by atoms with Crippen LogP contribution in [0.3, 0.4) is 0 Å². The van der Waals surface area contributed by atoms with Gasteiger partial charge < -0.3 is 25.4 Å². The van der Waals surface area contributed by atoms with Gasteiger partial charge in [0.15, 0.2) is 5.82 Å². The summed E-state index contributed by atoms with van der Waals surface area (Å²) in [5.41, 5.74) is 6.36. The largest absolute Gasteiger partial charge is 0.443 e. The molecule has 0 saturated heterocycles. The maximum atomic E-state index is 12.7. The number of carbonyl (C=O) groups is 2. The first-order chi connectivity index (χ1) is 17.3. The quantitative estimate of drug-likeness (QED) is 0.291. The minimum atomic E-state index is -3.72.